The molecule has 0 amide bonds. The van der Waals surface area contributed by atoms with Gasteiger partial charge in [-0.25, -0.2) is 0 Å². The van der Waals surface area contributed by atoms with Gasteiger partial charge in [0, 0.05) is 36.5 Å². The lowest BCUT2D eigenvalue weighted by Gasteiger charge is -2.64. The van der Waals surface area contributed by atoms with Crippen molar-refractivity contribution in [3.8, 4) is 0 Å². The predicted molar refractivity (Wildman–Crippen MR) is 148 cm³/mol. The van der Waals surface area contributed by atoms with E-state index in [2.05, 4.69) is 13.0 Å². The van der Waals surface area contributed by atoms with Crippen LogP contribution in [0.5, 0.6) is 0 Å². The van der Waals surface area contributed by atoms with Crippen LogP contribution < -0.4 is 0 Å². The van der Waals surface area contributed by atoms with Crippen LogP contribution in [0.2, 0.25) is 0 Å². The van der Waals surface area contributed by atoms with E-state index in [4.69, 9.17) is 4.74 Å². The minimum atomic E-state index is -1.91. The van der Waals surface area contributed by atoms with E-state index in [1.165, 1.54) is 13.8 Å². The molecule has 4 aliphatic carbocycles. The molecular weight excluding hydrogens is 512 g/mol. The molecule has 3 fully saturated rings. The number of ketones is 3. The molecular formula is C32H48O8. The van der Waals surface area contributed by atoms with Gasteiger partial charge in [0.1, 0.15) is 23.1 Å². The van der Waals surface area contributed by atoms with E-state index in [9.17, 15) is 34.5 Å². The standard InChI is InChI=1S/C32H48O8/c1-17(33)40-27(2,3)13-12-23(36)32(9,39)25-21(35)15-29(6)22-11-10-18-19(14-20(34)26(38)28(18,4)5)31(22,8)24(37)16-30(25,29)7/h10,19-22,25,34-35,39H,11-16H2,1-9H3/t19-,20+,21+,22-,25+,29-,30-,31+,32+/m1/s1. The number of hydrogen-bond acceptors (Lipinski definition) is 8. The molecule has 8 nitrogen and oxygen atoms in total. The highest BCUT2D eigenvalue weighted by Crippen LogP contribution is 2.74. The van der Waals surface area contributed by atoms with Gasteiger partial charge in [-0.2, -0.15) is 0 Å². The Labute approximate surface area is 237 Å². The van der Waals surface area contributed by atoms with Crippen LogP contribution in [0.4, 0.5) is 0 Å². The first-order valence-corrected chi connectivity index (χ1v) is 14.7. The minimum absolute atomic E-state index is 0.0104. The number of ether oxygens (including phenoxy) is 1. The van der Waals surface area contributed by atoms with Gasteiger partial charge in [-0.3, -0.25) is 19.2 Å². The second kappa shape index (κ2) is 9.30. The average Bonchev–Trinajstić information content (AvgIpc) is 3.01. The largest absolute Gasteiger partial charge is 0.460 e. The van der Waals surface area contributed by atoms with Crippen molar-refractivity contribution >= 4 is 23.3 Å². The Hall–Kier alpha value is -1.90. The first-order chi connectivity index (χ1) is 18.1. The number of rotatable bonds is 6. The van der Waals surface area contributed by atoms with Gasteiger partial charge in [-0.05, 0) is 83.0 Å². The molecule has 0 aliphatic heterocycles. The molecule has 0 radical (unpaired) electrons. The van der Waals surface area contributed by atoms with E-state index in [-0.39, 0.29) is 49.1 Å². The molecule has 0 heterocycles. The summed E-state index contributed by atoms with van der Waals surface area (Å²) in [6, 6.07) is 0. The smallest absolute Gasteiger partial charge is 0.303 e. The first kappa shape index (κ1) is 31.0. The van der Waals surface area contributed by atoms with Crippen molar-refractivity contribution in [2.45, 2.75) is 124 Å². The Morgan fingerprint density at radius 1 is 1.05 bits per heavy atom. The zero-order valence-electron chi connectivity index (χ0n) is 25.6. The van der Waals surface area contributed by atoms with Crippen molar-refractivity contribution < 1.29 is 39.2 Å². The van der Waals surface area contributed by atoms with Gasteiger partial charge in [-0.1, -0.05) is 32.4 Å². The van der Waals surface area contributed by atoms with Crippen LogP contribution in [0, 0.1) is 39.4 Å². The fourth-order valence-electron chi connectivity index (χ4n) is 9.68. The summed E-state index contributed by atoms with van der Waals surface area (Å²) in [6.45, 7) is 15.8. The van der Waals surface area contributed by atoms with Crippen molar-refractivity contribution in [1.29, 1.82) is 0 Å². The molecule has 0 unspecified atom stereocenters. The van der Waals surface area contributed by atoms with Gasteiger partial charge < -0.3 is 20.1 Å². The summed E-state index contributed by atoms with van der Waals surface area (Å²) in [7, 11) is 0. The highest BCUT2D eigenvalue weighted by molar-refractivity contribution is 5.95. The summed E-state index contributed by atoms with van der Waals surface area (Å²) in [6.07, 6.45) is 1.23. The minimum Gasteiger partial charge on any atom is -0.460 e. The maximum Gasteiger partial charge on any atom is 0.303 e. The number of esters is 1. The number of aliphatic hydroxyl groups excluding tert-OH is 2. The quantitative estimate of drug-likeness (QED) is 0.330. The molecule has 3 N–H and O–H groups in total. The third-order valence-corrected chi connectivity index (χ3v) is 11.9. The van der Waals surface area contributed by atoms with E-state index in [1.54, 1.807) is 13.8 Å². The van der Waals surface area contributed by atoms with E-state index < -0.39 is 62.7 Å². The highest BCUT2D eigenvalue weighted by Gasteiger charge is 2.74. The molecule has 40 heavy (non-hydrogen) atoms. The van der Waals surface area contributed by atoms with Crippen molar-refractivity contribution in [3.05, 3.63) is 11.6 Å². The number of fused-ring (bicyclic) bond motifs is 5. The molecule has 9 atom stereocenters. The lowest BCUT2D eigenvalue weighted by Crippen LogP contribution is -2.65. The Kier molecular flexibility index (Phi) is 7.22. The van der Waals surface area contributed by atoms with Crippen LogP contribution in [0.1, 0.15) is 101 Å². The van der Waals surface area contributed by atoms with Gasteiger partial charge in [0.05, 0.1) is 6.10 Å². The van der Waals surface area contributed by atoms with Crippen molar-refractivity contribution in [2.24, 2.45) is 39.4 Å². The van der Waals surface area contributed by atoms with Crippen molar-refractivity contribution in [2.75, 3.05) is 0 Å². The second-order valence-electron chi connectivity index (χ2n) is 15.1. The fraction of sp³-hybridized carbons (Fsp3) is 0.812. The fourth-order valence-corrected chi connectivity index (χ4v) is 9.68. The van der Waals surface area contributed by atoms with Gasteiger partial charge in [0.2, 0.25) is 0 Å². The normalized spacial score (nSPS) is 42.2. The van der Waals surface area contributed by atoms with Gasteiger partial charge in [0.25, 0.3) is 0 Å². The Balaban J connectivity index is 1.70. The molecule has 4 aliphatic rings. The van der Waals surface area contributed by atoms with Crippen LogP contribution in [0.3, 0.4) is 0 Å². The van der Waals surface area contributed by atoms with E-state index >= 15 is 0 Å². The third-order valence-electron chi connectivity index (χ3n) is 11.9. The molecule has 0 aromatic heterocycles. The van der Waals surface area contributed by atoms with Crippen LogP contribution in [0.25, 0.3) is 0 Å². The molecule has 0 aromatic carbocycles. The molecule has 0 bridgehead atoms. The molecule has 0 aromatic rings. The summed E-state index contributed by atoms with van der Waals surface area (Å²) in [5, 5.41) is 34.1. The lowest BCUT2D eigenvalue weighted by atomic mass is 9.38. The summed E-state index contributed by atoms with van der Waals surface area (Å²) in [4.78, 5) is 52.2. The predicted octanol–water partition coefficient (Wildman–Crippen LogP) is 3.72. The zero-order chi connectivity index (χ0) is 30.4. The molecule has 8 heteroatoms. The SMILES string of the molecule is CC(=O)OC(C)(C)CCC(=O)[C@](C)(O)[C@H]1[C@@H](O)C[C@]2(C)[C@H]3CC=C4[C@@H](C[C@H](O)C(=O)C4(C)C)[C@]3(C)C(=O)C[C@]12C. The van der Waals surface area contributed by atoms with E-state index in [1.807, 2.05) is 27.7 Å². The topological polar surface area (TPSA) is 138 Å². The van der Waals surface area contributed by atoms with Gasteiger partial charge >= 0.3 is 5.97 Å². The Bertz CT molecular complexity index is 1160. The van der Waals surface area contributed by atoms with Crippen LogP contribution >= 0.6 is 0 Å². The molecule has 224 valence electrons. The third kappa shape index (κ3) is 4.18. The van der Waals surface area contributed by atoms with Crippen molar-refractivity contribution in [3.63, 3.8) is 0 Å². The lowest BCUT2D eigenvalue weighted by molar-refractivity contribution is -0.185. The van der Waals surface area contributed by atoms with E-state index in [0.717, 1.165) is 5.57 Å². The number of aliphatic hydroxyl groups is 3. The van der Waals surface area contributed by atoms with Crippen molar-refractivity contribution in [1.82, 2.24) is 0 Å². The number of carbonyl (C=O) groups is 4. The van der Waals surface area contributed by atoms with Crippen LogP contribution in [0.15, 0.2) is 11.6 Å². The maximum absolute atomic E-state index is 14.3. The van der Waals surface area contributed by atoms with Gasteiger partial charge in [0.15, 0.2) is 11.6 Å². The van der Waals surface area contributed by atoms with E-state index in [0.29, 0.717) is 12.8 Å². The first-order valence-electron chi connectivity index (χ1n) is 14.7. The monoisotopic (exact) mass is 560 g/mol. The maximum atomic E-state index is 14.3. The molecule has 0 spiro atoms. The zero-order valence-corrected chi connectivity index (χ0v) is 25.6. The molecule has 4 rings (SSSR count). The molecule has 0 saturated heterocycles. The summed E-state index contributed by atoms with van der Waals surface area (Å²) < 4.78 is 5.31. The number of hydrogen-bond donors (Lipinski definition) is 3. The average molecular weight is 561 g/mol. The summed E-state index contributed by atoms with van der Waals surface area (Å²) >= 11 is 0. The van der Waals surface area contributed by atoms with Crippen LogP contribution in [-0.2, 0) is 23.9 Å². The Morgan fingerprint density at radius 3 is 2.23 bits per heavy atom. The highest BCUT2D eigenvalue weighted by atomic mass is 16.6. The summed E-state index contributed by atoms with van der Waals surface area (Å²) in [5.74, 6) is -2.52. The second-order valence-corrected chi connectivity index (χ2v) is 15.1. The Morgan fingerprint density at radius 2 is 1.65 bits per heavy atom. The number of allylic oxidation sites excluding steroid dienone is 2. The number of Topliss-reactive ketones (excluding diaryl/α,β-unsaturated/α-hetero) is 3. The van der Waals surface area contributed by atoms with Gasteiger partial charge in [-0.15, -0.1) is 0 Å². The number of carbonyl (C=O) groups excluding carboxylic acids is 4. The summed E-state index contributed by atoms with van der Waals surface area (Å²) in [5.41, 5.74) is -5.07. The van der Waals surface area contributed by atoms with Crippen LogP contribution in [-0.4, -0.2) is 62.0 Å². The molecule has 3 saturated carbocycles.